The molecule has 0 saturated carbocycles. The maximum Gasteiger partial charge on any atom is 0.265 e. The molecule has 0 radical (unpaired) electrons. The van der Waals surface area contributed by atoms with E-state index in [2.05, 4.69) is 5.10 Å². The van der Waals surface area contributed by atoms with Crippen LogP contribution in [-0.2, 0) is 20.2 Å². The molecule has 0 bridgehead atoms. The summed E-state index contributed by atoms with van der Waals surface area (Å²) in [5, 5.41) is 4.38. The molecule has 10 heteroatoms. The van der Waals surface area contributed by atoms with E-state index in [1.807, 2.05) is 20.8 Å². The van der Waals surface area contributed by atoms with Crippen molar-refractivity contribution in [2.75, 3.05) is 18.1 Å². The van der Waals surface area contributed by atoms with Crippen molar-refractivity contribution in [2.45, 2.75) is 40.0 Å². The first-order valence-electron chi connectivity index (χ1n) is 6.93. The quantitative estimate of drug-likeness (QED) is 0.490. The van der Waals surface area contributed by atoms with E-state index in [4.69, 9.17) is 9.11 Å². The molecule has 0 fully saturated rings. The molecule has 1 unspecified atom stereocenters. The van der Waals surface area contributed by atoms with Gasteiger partial charge in [0.1, 0.15) is 0 Å². The molecule has 0 aliphatic carbocycles. The highest BCUT2D eigenvalue weighted by Crippen LogP contribution is 2.31. The lowest BCUT2D eigenvalue weighted by atomic mass is 9.78. The second-order valence-electron chi connectivity index (χ2n) is 5.76. The Morgan fingerprint density at radius 3 is 2.05 bits per heavy atom. The van der Waals surface area contributed by atoms with E-state index in [0.717, 1.165) is 11.4 Å². The molecule has 1 aliphatic heterocycles. The Labute approximate surface area is 131 Å². The number of hydrogen-bond acceptors (Lipinski definition) is 5. The van der Waals surface area contributed by atoms with E-state index in [9.17, 15) is 16.8 Å². The lowest BCUT2D eigenvalue weighted by molar-refractivity contribution is -0.531. The fraction of sp³-hybridized carbons (Fsp3) is 0.833. The molecule has 8 nitrogen and oxygen atoms in total. The first-order valence-corrected chi connectivity index (χ1v) is 10.1. The first kappa shape index (κ1) is 19.2. The van der Waals surface area contributed by atoms with Crippen LogP contribution in [0.4, 0.5) is 0 Å². The number of nitrogens with zero attached hydrogens (tertiary/aromatic N) is 2. The van der Waals surface area contributed by atoms with Gasteiger partial charge >= 0.3 is 0 Å². The first-order chi connectivity index (χ1) is 9.85. The molecule has 0 aromatic heterocycles. The average Bonchev–Trinajstić information content (AvgIpc) is 2.51. The number of hydrogen-bond donors (Lipinski definition) is 2. The van der Waals surface area contributed by atoms with E-state index in [1.165, 1.54) is 0 Å². The lowest BCUT2D eigenvalue weighted by Gasteiger charge is -2.20. The zero-order valence-corrected chi connectivity index (χ0v) is 14.6. The minimum absolute atomic E-state index is 0.244. The third kappa shape index (κ3) is 5.41. The molecular weight excluding hydrogens is 332 g/mol. The van der Waals surface area contributed by atoms with Crippen molar-refractivity contribution in [2.24, 2.45) is 10.5 Å². The summed E-state index contributed by atoms with van der Waals surface area (Å²) < 4.78 is 62.3. The fourth-order valence-corrected chi connectivity index (χ4v) is 3.50. The fourth-order valence-electron chi connectivity index (χ4n) is 2.50. The maximum atomic E-state index is 10.8. The molecule has 1 rings (SSSR count). The molecule has 0 saturated heterocycles. The highest BCUT2D eigenvalue weighted by Gasteiger charge is 2.43. The van der Waals surface area contributed by atoms with Crippen LogP contribution in [-0.4, -0.2) is 60.1 Å². The van der Waals surface area contributed by atoms with Crippen molar-refractivity contribution in [1.29, 1.82) is 0 Å². The zero-order valence-electron chi connectivity index (χ0n) is 13.0. The predicted molar refractivity (Wildman–Crippen MR) is 83.7 cm³/mol. The largest absolute Gasteiger partial charge is 0.286 e. The van der Waals surface area contributed by atoms with Crippen molar-refractivity contribution in [3.8, 4) is 0 Å². The molecule has 0 aromatic rings. The Morgan fingerprint density at radius 2 is 1.55 bits per heavy atom. The summed E-state index contributed by atoms with van der Waals surface area (Å²) in [6, 6.07) is 0. The molecule has 0 amide bonds. The highest BCUT2D eigenvalue weighted by molar-refractivity contribution is 7.86. The lowest BCUT2D eigenvalue weighted by Crippen LogP contribution is -2.33. The van der Waals surface area contributed by atoms with Gasteiger partial charge < -0.3 is 0 Å². The number of rotatable bonds is 8. The Bertz CT molecular complexity index is 693. The highest BCUT2D eigenvalue weighted by atomic mass is 32.2. The van der Waals surface area contributed by atoms with Crippen LogP contribution in [0.1, 0.15) is 40.0 Å². The minimum Gasteiger partial charge on any atom is -0.286 e. The van der Waals surface area contributed by atoms with Gasteiger partial charge in [-0.25, -0.2) is 0 Å². The van der Waals surface area contributed by atoms with Crippen LogP contribution in [0.2, 0.25) is 0 Å². The molecule has 1 aliphatic rings. The summed E-state index contributed by atoms with van der Waals surface area (Å²) in [6.07, 6.45) is 1.06. The molecule has 128 valence electrons. The van der Waals surface area contributed by atoms with Gasteiger partial charge in [-0.1, -0.05) is 4.68 Å². The molecule has 0 spiro atoms. The maximum absolute atomic E-state index is 10.8. The van der Waals surface area contributed by atoms with Crippen LogP contribution >= 0.6 is 0 Å². The van der Waals surface area contributed by atoms with E-state index >= 15 is 0 Å². The third-order valence-electron chi connectivity index (χ3n) is 4.11. The summed E-state index contributed by atoms with van der Waals surface area (Å²) in [6.45, 7) is 5.99. The molecule has 0 aromatic carbocycles. The average molecular weight is 355 g/mol. The summed E-state index contributed by atoms with van der Waals surface area (Å²) >= 11 is 0. The molecule has 22 heavy (non-hydrogen) atoms. The SMILES string of the molecule is CC1=N[N+](CCCS(=O)(=O)O)=C(C)C1(C)CCCS(=O)(=O)O. The Kier molecular flexibility index (Phi) is 5.88. The topological polar surface area (TPSA) is 124 Å². The Balaban J connectivity index is 2.74. The van der Waals surface area contributed by atoms with Crippen molar-refractivity contribution in [3.63, 3.8) is 0 Å². The second-order valence-corrected chi connectivity index (χ2v) is 8.90. The summed E-state index contributed by atoms with van der Waals surface area (Å²) in [5.74, 6) is -0.628. The van der Waals surface area contributed by atoms with Gasteiger partial charge in [-0.15, -0.1) is 0 Å². The van der Waals surface area contributed by atoms with Crippen LogP contribution in [0.5, 0.6) is 0 Å². The Morgan fingerprint density at radius 1 is 1.05 bits per heavy atom. The molecule has 1 heterocycles. The van der Waals surface area contributed by atoms with Crippen molar-refractivity contribution < 1.29 is 30.6 Å². The monoisotopic (exact) mass is 355 g/mol. The Hall–Kier alpha value is -0.840. The van der Waals surface area contributed by atoms with Crippen molar-refractivity contribution in [1.82, 2.24) is 0 Å². The van der Waals surface area contributed by atoms with Gasteiger partial charge in [0.15, 0.2) is 12.3 Å². The summed E-state index contributed by atoms with van der Waals surface area (Å²) in [4.78, 5) is 0. The molecule has 1 atom stereocenters. The van der Waals surface area contributed by atoms with Crippen LogP contribution in [0.3, 0.4) is 0 Å². The van der Waals surface area contributed by atoms with Crippen molar-refractivity contribution in [3.05, 3.63) is 0 Å². The smallest absolute Gasteiger partial charge is 0.265 e. The zero-order chi connectivity index (χ0) is 17.2. The van der Waals surface area contributed by atoms with Crippen LogP contribution in [0.15, 0.2) is 5.10 Å². The van der Waals surface area contributed by atoms with Gasteiger partial charge in [-0.05, 0) is 31.8 Å². The van der Waals surface area contributed by atoms with Gasteiger partial charge in [-0.3, -0.25) is 9.11 Å². The van der Waals surface area contributed by atoms with E-state index < -0.39 is 25.7 Å². The summed E-state index contributed by atoms with van der Waals surface area (Å²) in [5.41, 5.74) is 1.30. The minimum atomic E-state index is -3.98. The van der Waals surface area contributed by atoms with E-state index in [-0.39, 0.29) is 17.9 Å². The van der Waals surface area contributed by atoms with E-state index in [0.29, 0.717) is 19.4 Å². The van der Waals surface area contributed by atoms with Gasteiger partial charge in [-0.2, -0.15) is 16.8 Å². The van der Waals surface area contributed by atoms with Gasteiger partial charge in [0, 0.05) is 13.3 Å². The van der Waals surface area contributed by atoms with Crippen LogP contribution < -0.4 is 0 Å². The second kappa shape index (κ2) is 6.73. The van der Waals surface area contributed by atoms with Gasteiger partial charge in [0.25, 0.3) is 20.2 Å². The predicted octanol–water partition coefficient (Wildman–Crippen LogP) is 0.802. The van der Waals surface area contributed by atoms with Crippen molar-refractivity contribution >= 4 is 31.7 Å². The van der Waals surface area contributed by atoms with Gasteiger partial charge in [0.2, 0.25) is 0 Å². The number of hydrazone groups is 1. The third-order valence-corrected chi connectivity index (χ3v) is 5.72. The van der Waals surface area contributed by atoms with Crippen LogP contribution in [0.25, 0.3) is 0 Å². The van der Waals surface area contributed by atoms with Crippen LogP contribution in [0, 0.1) is 5.41 Å². The summed E-state index contributed by atoms with van der Waals surface area (Å²) in [7, 11) is -7.96. The standard InChI is InChI=1S/C12H22N2O6S2/c1-10-12(3,6-4-8-21(15,16)17)11(2)14(13-10)7-5-9-22(18,19)20/h4-9H2,1-3H3,(H-,15,16,17,18,19,20)/p+1. The molecular formula is C12H23N2O6S2+. The molecule has 2 N–H and O–H groups in total. The normalized spacial score (nSPS) is 23.0. The van der Waals surface area contributed by atoms with E-state index in [1.54, 1.807) is 4.68 Å². The van der Waals surface area contributed by atoms with Gasteiger partial charge in [0.05, 0.1) is 22.6 Å².